The van der Waals surface area contributed by atoms with Gasteiger partial charge in [-0.1, -0.05) is 26.2 Å². The molecule has 0 spiro atoms. The molecule has 2 unspecified atom stereocenters. The monoisotopic (exact) mass is 196 g/mol. The Morgan fingerprint density at radius 3 is 2.71 bits per heavy atom. The minimum Gasteiger partial charge on any atom is -0.391 e. The first-order valence-electron chi connectivity index (χ1n) is 5.41. The molecule has 1 heterocycles. The van der Waals surface area contributed by atoms with Crippen molar-refractivity contribution in [3.05, 3.63) is 18.7 Å². The van der Waals surface area contributed by atoms with Crippen LogP contribution in [-0.2, 0) is 0 Å². The second-order valence-corrected chi connectivity index (χ2v) is 3.81. The maximum absolute atomic E-state index is 9.63. The van der Waals surface area contributed by atoms with E-state index in [4.69, 9.17) is 0 Å². The molecular formula is C11H20N2O. The lowest BCUT2D eigenvalue weighted by molar-refractivity contribution is 0.123. The van der Waals surface area contributed by atoms with Crippen molar-refractivity contribution < 1.29 is 5.11 Å². The number of aliphatic hydroxyl groups excluding tert-OH is 1. The predicted molar refractivity (Wildman–Crippen MR) is 57.1 cm³/mol. The van der Waals surface area contributed by atoms with Gasteiger partial charge in [-0.3, -0.25) is 0 Å². The van der Waals surface area contributed by atoms with Gasteiger partial charge in [-0.2, -0.15) is 0 Å². The smallest absolute Gasteiger partial charge is 0.0949 e. The summed E-state index contributed by atoms with van der Waals surface area (Å²) in [6, 6.07) is 0.184. The number of hydrogen-bond acceptors (Lipinski definition) is 2. The first-order chi connectivity index (χ1) is 6.75. The molecule has 1 aromatic rings. The van der Waals surface area contributed by atoms with Gasteiger partial charge in [-0.15, -0.1) is 0 Å². The van der Waals surface area contributed by atoms with Crippen LogP contribution in [0.2, 0.25) is 0 Å². The van der Waals surface area contributed by atoms with Crippen LogP contribution in [0, 0.1) is 0 Å². The Morgan fingerprint density at radius 2 is 2.21 bits per heavy atom. The fraction of sp³-hybridized carbons (Fsp3) is 0.727. The zero-order valence-electron chi connectivity index (χ0n) is 9.06. The van der Waals surface area contributed by atoms with Gasteiger partial charge in [-0.25, -0.2) is 4.98 Å². The maximum Gasteiger partial charge on any atom is 0.0949 e. The third kappa shape index (κ3) is 3.14. The van der Waals surface area contributed by atoms with Gasteiger partial charge >= 0.3 is 0 Å². The molecule has 0 aromatic carbocycles. The van der Waals surface area contributed by atoms with Gasteiger partial charge in [0.25, 0.3) is 0 Å². The summed E-state index contributed by atoms with van der Waals surface area (Å²) in [7, 11) is 0. The van der Waals surface area contributed by atoms with E-state index in [-0.39, 0.29) is 12.1 Å². The van der Waals surface area contributed by atoms with E-state index in [0.29, 0.717) is 0 Å². The van der Waals surface area contributed by atoms with Crippen LogP contribution in [-0.4, -0.2) is 20.8 Å². The topological polar surface area (TPSA) is 38.0 Å². The van der Waals surface area contributed by atoms with Gasteiger partial charge in [-0.05, 0) is 13.3 Å². The van der Waals surface area contributed by atoms with E-state index < -0.39 is 0 Å². The lowest BCUT2D eigenvalue weighted by atomic mass is 10.0. The fourth-order valence-electron chi connectivity index (χ4n) is 1.71. The molecule has 0 radical (unpaired) electrons. The first kappa shape index (κ1) is 11.2. The Morgan fingerprint density at radius 1 is 1.43 bits per heavy atom. The Bertz CT molecular complexity index is 231. The molecular weight excluding hydrogens is 176 g/mol. The number of aliphatic hydroxyl groups is 1. The van der Waals surface area contributed by atoms with Crippen molar-refractivity contribution in [2.75, 3.05) is 0 Å². The van der Waals surface area contributed by atoms with Crippen LogP contribution in [0.1, 0.15) is 45.6 Å². The molecule has 1 N–H and O–H groups in total. The Balaban J connectivity index is 2.48. The van der Waals surface area contributed by atoms with Crippen LogP contribution >= 0.6 is 0 Å². The van der Waals surface area contributed by atoms with E-state index in [1.54, 1.807) is 12.5 Å². The Kier molecular flexibility index (Phi) is 4.66. The van der Waals surface area contributed by atoms with E-state index in [1.807, 2.05) is 17.7 Å². The molecule has 0 saturated carbocycles. The molecule has 2 atom stereocenters. The minimum absolute atomic E-state index is 0.184. The lowest BCUT2D eigenvalue weighted by Gasteiger charge is -2.21. The molecule has 0 aliphatic rings. The number of hydrogen-bond donors (Lipinski definition) is 1. The maximum atomic E-state index is 9.63. The summed E-state index contributed by atoms with van der Waals surface area (Å²) < 4.78 is 2.00. The van der Waals surface area contributed by atoms with E-state index in [0.717, 1.165) is 6.42 Å². The summed E-state index contributed by atoms with van der Waals surface area (Å²) in [5.41, 5.74) is 0. The van der Waals surface area contributed by atoms with Crippen LogP contribution < -0.4 is 0 Å². The van der Waals surface area contributed by atoms with E-state index in [1.165, 1.54) is 19.3 Å². The van der Waals surface area contributed by atoms with Gasteiger partial charge in [0.1, 0.15) is 0 Å². The van der Waals surface area contributed by atoms with Crippen molar-refractivity contribution >= 4 is 0 Å². The molecule has 80 valence electrons. The van der Waals surface area contributed by atoms with Crippen LogP contribution in [0.3, 0.4) is 0 Å². The second-order valence-electron chi connectivity index (χ2n) is 3.81. The summed E-state index contributed by atoms with van der Waals surface area (Å²) in [5.74, 6) is 0. The van der Waals surface area contributed by atoms with Gasteiger partial charge in [0.15, 0.2) is 0 Å². The van der Waals surface area contributed by atoms with Crippen molar-refractivity contribution in [2.24, 2.45) is 0 Å². The highest BCUT2D eigenvalue weighted by atomic mass is 16.3. The predicted octanol–water partition coefficient (Wildman–Crippen LogP) is 2.39. The summed E-state index contributed by atoms with van der Waals surface area (Å²) >= 11 is 0. The molecule has 3 nitrogen and oxygen atoms in total. The normalized spacial score (nSPS) is 15.4. The van der Waals surface area contributed by atoms with Crippen LogP contribution in [0.25, 0.3) is 0 Å². The highest BCUT2D eigenvalue weighted by molar-refractivity contribution is 4.82. The van der Waals surface area contributed by atoms with E-state index in [2.05, 4.69) is 11.9 Å². The average Bonchev–Trinajstić information content (AvgIpc) is 2.64. The molecule has 0 bridgehead atoms. The van der Waals surface area contributed by atoms with E-state index >= 15 is 0 Å². The van der Waals surface area contributed by atoms with Crippen LogP contribution in [0.4, 0.5) is 0 Å². The lowest BCUT2D eigenvalue weighted by Crippen LogP contribution is -2.20. The van der Waals surface area contributed by atoms with Crippen molar-refractivity contribution in [3.8, 4) is 0 Å². The summed E-state index contributed by atoms with van der Waals surface area (Å²) in [6.07, 6.45) is 9.81. The van der Waals surface area contributed by atoms with Gasteiger partial charge in [0.05, 0.1) is 18.5 Å². The molecule has 0 amide bonds. The van der Waals surface area contributed by atoms with Crippen molar-refractivity contribution in [1.82, 2.24) is 9.55 Å². The molecule has 0 saturated heterocycles. The van der Waals surface area contributed by atoms with E-state index in [9.17, 15) is 5.11 Å². The molecule has 0 fully saturated rings. The quantitative estimate of drug-likeness (QED) is 0.709. The fourth-order valence-corrected chi connectivity index (χ4v) is 1.71. The highest BCUT2D eigenvalue weighted by Gasteiger charge is 2.15. The Labute approximate surface area is 85.8 Å². The summed E-state index contributed by atoms with van der Waals surface area (Å²) in [4.78, 5) is 4.01. The molecule has 0 aliphatic carbocycles. The van der Waals surface area contributed by atoms with Crippen molar-refractivity contribution in [1.29, 1.82) is 0 Å². The summed E-state index contributed by atoms with van der Waals surface area (Å²) in [5, 5.41) is 9.63. The number of nitrogens with zero attached hydrogens (tertiary/aromatic N) is 2. The molecule has 1 aromatic heterocycles. The van der Waals surface area contributed by atoms with Crippen molar-refractivity contribution in [3.63, 3.8) is 0 Å². The molecule has 0 aliphatic heterocycles. The molecule has 14 heavy (non-hydrogen) atoms. The zero-order valence-corrected chi connectivity index (χ0v) is 9.06. The van der Waals surface area contributed by atoms with Crippen LogP contribution in [0.5, 0.6) is 0 Å². The second kappa shape index (κ2) is 5.81. The van der Waals surface area contributed by atoms with Crippen LogP contribution in [0.15, 0.2) is 18.7 Å². The third-order valence-corrected chi connectivity index (χ3v) is 2.57. The number of unbranched alkanes of at least 4 members (excludes halogenated alkanes) is 2. The third-order valence-electron chi connectivity index (χ3n) is 2.57. The number of rotatable bonds is 6. The minimum atomic E-state index is -0.305. The molecule has 3 heteroatoms. The SMILES string of the molecule is CCCCCC(C(C)O)n1ccnc1. The van der Waals surface area contributed by atoms with Gasteiger partial charge in [0, 0.05) is 12.4 Å². The van der Waals surface area contributed by atoms with Crippen molar-refractivity contribution in [2.45, 2.75) is 51.7 Å². The number of aromatic nitrogens is 2. The largest absolute Gasteiger partial charge is 0.391 e. The Hall–Kier alpha value is -0.830. The summed E-state index contributed by atoms with van der Waals surface area (Å²) in [6.45, 7) is 4.03. The van der Waals surface area contributed by atoms with Gasteiger partial charge in [0.2, 0.25) is 0 Å². The highest BCUT2D eigenvalue weighted by Crippen LogP contribution is 2.19. The number of imidazole rings is 1. The first-order valence-corrected chi connectivity index (χ1v) is 5.41. The molecule has 1 rings (SSSR count). The standard InChI is InChI=1S/C11H20N2O/c1-3-4-5-6-11(10(2)14)13-8-7-12-9-13/h7-11,14H,3-6H2,1-2H3. The zero-order chi connectivity index (χ0) is 10.4. The average molecular weight is 196 g/mol. The van der Waals surface area contributed by atoms with Gasteiger partial charge < -0.3 is 9.67 Å².